The topological polar surface area (TPSA) is 0 Å². The number of hydrogen-bond donors (Lipinski definition) is 0. The van der Waals surface area contributed by atoms with Gasteiger partial charge in [0.2, 0.25) is 0 Å². The molecule has 0 unspecified atom stereocenters. The van der Waals surface area contributed by atoms with E-state index in [1.807, 2.05) is 0 Å². The van der Waals surface area contributed by atoms with E-state index in [0.717, 1.165) is 11.8 Å². The summed E-state index contributed by atoms with van der Waals surface area (Å²) in [5.74, 6) is 2.01. The fourth-order valence-electron chi connectivity index (χ4n) is 2.22. The van der Waals surface area contributed by atoms with Crippen LogP contribution >= 0.6 is 0 Å². The van der Waals surface area contributed by atoms with Crippen LogP contribution in [0.2, 0.25) is 0 Å². The van der Waals surface area contributed by atoms with Gasteiger partial charge in [-0.25, -0.2) is 0 Å². The monoisotopic (exact) mass is 130 g/mol. The summed E-state index contributed by atoms with van der Waals surface area (Å²) in [6.07, 6.45) is 2.83. The molecular weight excluding hydrogens is 120 g/mol. The summed E-state index contributed by atoms with van der Waals surface area (Å²) in [7, 11) is 0. The highest BCUT2D eigenvalue weighted by molar-refractivity contribution is 5.41. The smallest absolute Gasteiger partial charge is 0.0125 e. The van der Waals surface area contributed by atoms with Gasteiger partial charge in [0.25, 0.3) is 0 Å². The average molecular weight is 130 g/mol. The Labute approximate surface area is 60.9 Å². The van der Waals surface area contributed by atoms with Crippen LogP contribution in [-0.4, -0.2) is 0 Å². The van der Waals surface area contributed by atoms with Crippen molar-refractivity contribution in [1.29, 1.82) is 0 Å². The summed E-state index contributed by atoms with van der Waals surface area (Å²) in [5, 5.41) is 0. The first-order valence-corrected chi connectivity index (χ1v) is 4.03. The molecule has 0 heteroatoms. The molecule has 0 saturated heterocycles. The molecule has 2 aliphatic rings. The summed E-state index contributed by atoms with van der Waals surface area (Å²) in [6, 6.07) is 8.90. The van der Waals surface area contributed by atoms with Crippen molar-refractivity contribution in [2.75, 3.05) is 0 Å². The molecule has 0 aromatic heterocycles. The van der Waals surface area contributed by atoms with Crippen LogP contribution in [0.4, 0.5) is 0 Å². The van der Waals surface area contributed by atoms with Gasteiger partial charge in [0, 0.05) is 0 Å². The van der Waals surface area contributed by atoms with Gasteiger partial charge in [0.1, 0.15) is 0 Å². The zero-order valence-electron chi connectivity index (χ0n) is 5.88. The van der Waals surface area contributed by atoms with Gasteiger partial charge in [-0.2, -0.15) is 0 Å². The van der Waals surface area contributed by atoms with E-state index in [9.17, 15) is 0 Å². The molecule has 1 fully saturated rings. The van der Waals surface area contributed by atoms with Gasteiger partial charge in [0.05, 0.1) is 0 Å². The minimum Gasteiger partial charge on any atom is -0.0620 e. The van der Waals surface area contributed by atoms with E-state index >= 15 is 0 Å². The van der Waals surface area contributed by atoms with Crippen molar-refractivity contribution in [3.63, 3.8) is 0 Å². The Morgan fingerprint density at radius 1 is 1.20 bits per heavy atom. The van der Waals surface area contributed by atoms with Crippen LogP contribution in [0.15, 0.2) is 24.3 Å². The molecule has 0 bridgehead atoms. The Morgan fingerprint density at radius 2 is 2.10 bits per heavy atom. The Hall–Kier alpha value is -0.780. The molecule has 0 nitrogen and oxygen atoms in total. The normalized spacial score (nSPS) is 33.2. The number of fused-ring (bicyclic) bond motifs is 3. The molecule has 10 heavy (non-hydrogen) atoms. The zero-order chi connectivity index (χ0) is 6.55. The van der Waals surface area contributed by atoms with Crippen molar-refractivity contribution in [3.05, 3.63) is 35.4 Å². The fraction of sp³-hybridized carbons (Fsp3) is 0.400. The van der Waals surface area contributed by atoms with Crippen molar-refractivity contribution >= 4 is 0 Å². The molecule has 0 spiro atoms. The fourth-order valence-corrected chi connectivity index (χ4v) is 2.22. The van der Waals surface area contributed by atoms with Crippen LogP contribution in [0.1, 0.15) is 23.5 Å². The largest absolute Gasteiger partial charge is 0.0620 e. The van der Waals surface area contributed by atoms with Gasteiger partial charge in [0.15, 0.2) is 0 Å². The standard InChI is InChI=1S/C10H10/c1-2-4-9-7(3-1)5-8-6-10(8)9/h1-4,8,10H,5-6H2/t8-,10+/m1/s1. The molecule has 3 rings (SSSR count). The minimum atomic E-state index is 0.969. The Morgan fingerprint density at radius 3 is 3.00 bits per heavy atom. The maximum absolute atomic E-state index is 2.30. The van der Waals surface area contributed by atoms with Gasteiger partial charge in [-0.1, -0.05) is 24.3 Å². The summed E-state index contributed by atoms with van der Waals surface area (Å²) in [5.41, 5.74) is 3.26. The van der Waals surface area contributed by atoms with E-state index in [4.69, 9.17) is 0 Å². The van der Waals surface area contributed by atoms with Gasteiger partial charge >= 0.3 is 0 Å². The lowest BCUT2D eigenvalue weighted by Crippen LogP contribution is -1.83. The van der Waals surface area contributed by atoms with Crippen LogP contribution in [0.25, 0.3) is 0 Å². The SMILES string of the molecule is c1ccc2c(c1)C[C@@H]1C[C@H]21. The van der Waals surface area contributed by atoms with E-state index < -0.39 is 0 Å². The van der Waals surface area contributed by atoms with Gasteiger partial charge in [-0.15, -0.1) is 0 Å². The lowest BCUT2D eigenvalue weighted by Gasteiger charge is -1.98. The van der Waals surface area contributed by atoms with E-state index in [2.05, 4.69) is 24.3 Å². The van der Waals surface area contributed by atoms with Gasteiger partial charge in [-0.05, 0) is 35.8 Å². The highest BCUT2D eigenvalue weighted by atomic mass is 14.5. The second-order valence-electron chi connectivity index (χ2n) is 3.51. The molecule has 1 saturated carbocycles. The third-order valence-electron chi connectivity index (χ3n) is 2.86. The molecule has 0 amide bonds. The van der Waals surface area contributed by atoms with Crippen LogP contribution in [0, 0.1) is 5.92 Å². The van der Waals surface area contributed by atoms with Crippen molar-refractivity contribution < 1.29 is 0 Å². The van der Waals surface area contributed by atoms with Crippen molar-refractivity contribution in [2.45, 2.75) is 18.8 Å². The highest BCUT2D eigenvalue weighted by Gasteiger charge is 2.44. The Bertz CT molecular complexity index is 275. The molecule has 0 radical (unpaired) electrons. The molecular formula is C10H10. The molecule has 50 valence electrons. The van der Waals surface area contributed by atoms with Crippen LogP contribution in [-0.2, 0) is 6.42 Å². The van der Waals surface area contributed by atoms with E-state index in [-0.39, 0.29) is 0 Å². The predicted octanol–water partition coefficient (Wildman–Crippen LogP) is 2.35. The number of benzene rings is 1. The van der Waals surface area contributed by atoms with Crippen LogP contribution in [0.5, 0.6) is 0 Å². The van der Waals surface area contributed by atoms with E-state index in [1.54, 1.807) is 11.1 Å². The zero-order valence-corrected chi connectivity index (χ0v) is 5.88. The average Bonchev–Trinajstić information content (AvgIpc) is 2.64. The lowest BCUT2D eigenvalue weighted by molar-refractivity contribution is 0.857. The predicted molar refractivity (Wildman–Crippen MR) is 41.0 cm³/mol. The second kappa shape index (κ2) is 1.45. The van der Waals surface area contributed by atoms with Gasteiger partial charge < -0.3 is 0 Å². The van der Waals surface area contributed by atoms with Crippen molar-refractivity contribution in [2.24, 2.45) is 5.92 Å². The van der Waals surface area contributed by atoms with Gasteiger partial charge in [-0.3, -0.25) is 0 Å². The number of hydrogen-bond acceptors (Lipinski definition) is 0. The summed E-state index contributed by atoms with van der Waals surface area (Å²) in [6.45, 7) is 0. The minimum absolute atomic E-state index is 0.969. The molecule has 0 N–H and O–H groups in total. The first-order chi connectivity index (χ1) is 4.95. The second-order valence-corrected chi connectivity index (χ2v) is 3.51. The third-order valence-corrected chi connectivity index (χ3v) is 2.86. The lowest BCUT2D eigenvalue weighted by atomic mass is 10.1. The summed E-state index contributed by atoms with van der Waals surface area (Å²) >= 11 is 0. The quantitative estimate of drug-likeness (QED) is 0.505. The van der Waals surface area contributed by atoms with E-state index in [1.165, 1.54) is 12.8 Å². The molecule has 2 aliphatic carbocycles. The molecule has 0 heterocycles. The maximum Gasteiger partial charge on any atom is -0.0125 e. The summed E-state index contributed by atoms with van der Waals surface area (Å²) in [4.78, 5) is 0. The first-order valence-electron chi connectivity index (χ1n) is 4.03. The molecule has 1 aromatic carbocycles. The number of rotatable bonds is 0. The molecule has 2 atom stereocenters. The van der Waals surface area contributed by atoms with Crippen LogP contribution < -0.4 is 0 Å². The first kappa shape index (κ1) is 4.95. The third kappa shape index (κ3) is 0.476. The summed E-state index contributed by atoms with van der Waals surface area (Å²) < 4.78 is 0. The van der Waals surface area contributed by atoms with Crippen molar-refractivity contribution in [1.82, 2.24) is 0 Å². The Balaban J connectivity index is 2.22. The van der Waals surface area contributed by atoms with E-state index in [0.29, 0.717) is 0 Å². The van der Waals surface area contributed by atoms with Crippen LogP contribution in [0.3, 0.4) is 0 Å². The molecule has 1 aromatic rings. The highest BCUT2D eigenvalue weighted by Crippen LogP contribution is 2.55. The molecule has 0 aliphatic heterocycles. The Kier molecular flexibility index (Phi) is 0.715. The van der Waals surface area contributed by atoms with Crippen molar-refractivity contribution in [3.8, 4) is 0 Å². The maximum atomic E-state index is 2.30.